The number of amides is 2. The Bertz CT molecular complexity index is 636. The molecule has 2 aliphatic rings. The maximum atomic E-state index is 13.0. The van der Waals surface area contributed by atoms with Gasteiger partial charge < -0.3 is 15.1 Å². The highest BCUT2D eigenvalue weighted by Crippen LogP contribution is 2.26. The van der Waals surface area contributed by atoms with Crippen LogP contribution in [0.15, 0.2) is 30.3 Å². The lowest BCUT2D eigenvalue weighted by Gasteiger charge is -2.39. The van der Waals surface area contributed by atoms with Crippen molar-refractivity contribution in [2.24, 2.45) is 5.92 Å². The van der Waals surface area contributed by atoms with E-state index in [4.69, 9.17) is 0 Å². The molecule has 0 radical (unpaired) electrons. The van der Waals surface area contributed by atoms with E-state index in [0.717, 1.165) is 25.1 Å². The lowest BCUT2D eigenvalue weighted by atomic mass is 9.83. The van der Waals surface area contributed by atoms with Gasteiger partial charge in [0.1, 0.15) is 0 Å². The minimum atomic E-state index is -0.539. The molecule has 0 bridgehead atoms. The second-order valence-electron chi connectivity index (χ2n) is 8.40. The Morgan fingerprint density at radius 1 is 1.00 bits per heavy atom. The standard InChI is InChI=1S/C22H33N3O2.ClH/c1-22(2,19-6-4-3-5-7-19)21(27)25-16-14-24(15-17-25)20(26)9-8-18-10-12-23-13-11-18;/h3-7,18,23H,8-17H2,1-2H3;1H. The summed E-state index contributed by atoms with van der Waals surface area (Å²) >= 11 is 0. The van der Waals surface area contributed by atoms with E-state index in [-0.39, 0.29) is 24.2 Å². The Morgan fingerprint density at radius 2 is 1.57 bits per heavy atom. The van der Waals surface area contributed by atoms with E-state index in [0.29, 0.717) is 38.5 Å². The molecule has 2 fully saturated rings. The Morgan fingerprint density at radius 3 is 2.18 bits per heavy atom. The van der Waals surface area contributed by atoms with Crippen LogP contribution in [0.3, 0.4) is 0 Å². The van der Waals surface area contributed by atoms with Crippen molar-refractivity contribution in [2.45, 2.75) is 44.9 Å². The van der Waals surface area contributed by atoms with Gasteiger partial charge in [0, 0.05) is 32.6 Å². The Balaban J connectivity index is 0.00000280. The van der Waals surface area contributed by atoms with Gasteiger partial charge in [-0.05, 0) is 57.7 Å². The van der Waals surface area contributed by atoms with Gasteiger partial charge in [0.25, 0.3) is 0 Å². The predicted molar refractivity (Wildman–Crippen MR) is 115 cm³/mol. The van der Waals surface area contributed by atoms with Gasteiger partial charge >= 0.3 is 0 Å². The summed E-state index contributed by atoms with van der Waals surface area (Å²) in [5.74, 6) is 1.09. The highest BCUT2D eigenvalue weighted by molar-refractivity contribution is 5.87. The van der Waals surface area contributed by atoms with E-state index >= 15 is 0 Å². The summed E-state index contributed by atoms with van der Waals surface area (Å²) in [6, 6.07) is 9.95. The summed E-state index contributed by atoms with van der Waals surface area (Å²) < 4.78 is 0. The average Bonchev–Trinajstić information content (AvgIpc) is 2.73. The average molecular weight is 408 g/mol. The lowest BCUT2D eigenvalue weighted by molar-refractivity contribution is -0.142. The number of piperidine rings is 1. The van der Waals surface area contributed by atoms with Gasteiger partial charge in [0.15, 0.2) is 0 Å². The number of piperazine rings is 1. The molecule has 28 heavy (non-hydrogen) atoms. The number of carbonyl (C=O) groups is 2. The van der Waals surface area contributed by atoms with Crippen molar-refractivity contribution in [1.82, 2.24) is 15.1 Å². The molecule has 1 aromatic carbocycles. The summed E-state index contributed by atoms with van der Waals surface area (Å²) in [5, 5.41) is 3.37. The van der Waals surface area contributed by atoms with Gasteiger partial charge in [0.05, 0.1) is 5.41 Å². The molecule has 1 N–H and O–H groups in total. The molecule has 1 aromatic rings. The zero-order chi connectivity index (χ0) is 19.3. The van der Waals surface area contributed by atoms with Gasteiger partial charge in [-0.3, -0.25) is 9.59 Å². The predicted octanol–water partition coefficient (Wildman–Crippen LogP) is 2.84. The third kappa shape index (κ3) is 5.48. The van der Waals surface area contributed by atoms with Crippen LogP contribution in [-0.2, 0) is 15.0 Å². The van der Waals surface area contributed by atoms with Crippen LogP contribution in [-0.4, -0.2) is 60.9 Å². The van der Waals surface area contributed by atoms with Gasteiger partial charge in [-0.2, -0.15) is 0 Å². The summed E-state index contributed by atoms with van der Waals surface area (Å²) in [6.45, 7) is 8.71. The van der Waals surface area contributed by atoms with Crippen molar-refractivity contribution >= 4 is 24.2 Å². The summed E-state index contributed by atoms with van der Waals surface area (Å²) in [4.78, 5) is 29.5. The normalized spacial score (nSPS) is 18.5. The van der Waals surface area contributed by atoms with Crippen molar-refractivity contribution in [3.05, 3.63) is 35.9 Å². The highest BCUT2D eigenvalue weighted by Gasteiger charge is 2.35. The minimum absolute atomic E-state index is 0. The molecule has 156 valence electrons. The number of hydrogen-bond acceptors (Lipinski definition) is 3. The maximum Gasteiger partial charge on any atom is 0.232 e. The van der Waals surface area contributed by atoms with E-state index in [2.05, 4.69) is 5.32 Å². The Hall–Kier alpha value is -1.59. The van der Waals surface area contributed by atoms with Crippen molar-refractivity contribution in [1.29, 1.82) is 0 Å². The Kier molecular flexibility index (Phi) is 8.32. The molecule has 2 heterocycles. The zero-order valence-electron chi connectivity index (χ0n) is 17.2. The molecule has 5 nitrogen and oxygen atoms in total. The molecule has 0 spiro atoms. The fourth-order valence-electron chi connectivity index (χ4n) is 4.19. The number of rotatable bonds is 5. The second kappa shape index (κ2) is 10.3. The first-order chi connectivity index (χ1) is 13.0. The molecule has 0 unspecified atom stereocenters. The first-order valence-corrected chi connectivity index (χ1v) is 10.3. The fourth-order valence-corrected chi connectivity index (χ4v) is 4.19. The number of nitrogens with zero attached hydrogens (tertiary/aromatic N) is 2. The van der Waals surface area contributed by atoms with Crippen molar-refractivity contribution in [3.63, 3.8) is 0 Å². The number of benzene rings is 1. The van der Waals surface area contributed by atoms with Gasteiger partial charge in [0.2, 0.25) is 11.8 Å². The third-order valence-electron chi connectivity index (χ3n) is 6.17. The molecule has 0 atom stereocenters. The van der Waals surface area contributed by atoms with Gasteiger partial charge in [-0.15, -0.1) is 12.4 Å². The van der Waals surface area contributed by atoms with Crippen LogP contribution >= 0.6 is 12.4 Å². The molecule has 0 aliphatic carbocycles. The number of hydrogen-bond donors (Lipinski definition) is 1. The van der Waals surface area contributed by atoms with E-state index in [1.54, 1.807) is 0 Å². The van der Waals surface area contributed by atoms with Crippen molar-refractivity contribution in [3.8, 4) is 0 Å². The van der Waals surface area contributed by atoms with Crippen LogP contribution in [0.2, 0.25) is 0 Å². The van der Waals surface area contributed by atoms with Crippen LogP contribution in [0.4, 0.5) is 0 Å². The summed E-state index contributed by atoms with van der Waals surface area (Å²) in [5.41, 5.74) is 0.498. The molecule has 6 heteroatoms. The van der Waals surface area contributed by atoms with E-state index < -0.39 is 5.41 Å². The Labute approximate surface area is 175 Å². The van der Waals surface area contributed by atoms with E-state index in [9.17, 15) is 9.59 Å². The number of halogens is 1. The SMILES string of the molecule is CC(C)(C(=O)N1CCN(C(=O)CCC2CCNCC2)CC1)c1ccccc1.Cl. The quantitative estimate of drug-likeness (QED) is 0.816. The molecule has 2 amide bonds. The largest absolute Gasteiger partial charge is 0.339 e. The highest BCUT2D eigenvalue weighted by atomic mass is 35.5. The van der Waals surface area contributed by atoms with Crippen molar-refractivity contribution < 1.29 is 9.59 Å². The van der Waals surface area contributed by atoms with Crippen LogP contribution in [0.1, 0.15) is 45.1 Å². The number of carbonyl (C=O) groups excluding carboxylic acids is 2. The number of nitrogens with one attached hydrogen (secondary N) is 1. The van der Waals surface area contributed by atoms with Gasteiger partial charge in [-0.1, -0.05) is 30.3 Å². The molecule has 3 rings (SSSR count). The minimum Gasteiger partial charge on any atom is -0.339 e. The maximum absolute atomic E-state index is 13.0. The molecule has 0 saturated carbocycles. The van der Waals surface area contributed by atoms with Crippen LogP contribution in [0.25, 0.3) is 0 Å². The summed E-state index contributed by atoms with van der Waals surface area (Å²) in [6.07, 6.45) is 4.02. The topological polar surface area (TPSA) is 52.7 Å². The lowest BCUT2D eigenvalue weighted by Crippen LogP contribution is -2.54. The molecule has 0 aromatic heterocycles. The second-order valence-corrected chi connectivity index (χ2v) is 8.40. The smallest absolute Gasteiger partial charge is 0.232 e. The zero-order valence-corrected chi connectivity index (χ0v) is 18.0. The monoisotopic (exact) mass is 407 g/mol. The van der Waals surface area contributed by atoms with Crippen LogP contribution < -0.4 is 5.32 Å². The third-order valence-corrected chi connectivity index (χ3v) is 6.17. The molecular weight excluding hydrogens is 374 g/mol. The van der Waals surface area contributed by atoms with Crippen molar-refractivity contribution in [2.75, 3.05) is 39.3 Å². The summed E-state index contributed by atoms with van der Waals surface area (Å²) in [7, 11) is 0. The van der Waals surface area contributed by atoms with E-state index in [1.807, 2.05) is 54.0 Å². The van der Waals surface area contributed by atoms with Crippen LogP contribution in [0.5, 0.6) is 0 Å². The van der Waals surface area contributed by atoms with E-state index in [1.165, 1.54) is 12.8 Å². The van der Waals surface area contributed by atoms with Gasteiger partial charge in [-0.25, -0.2) is 0 Å². The molecule has 2 saturated heterocycles. The first-order valence-electron chi connectivity index (χ1n) is 10.3. The molecular formula is C22H34ClN3O2. The fraction of sp³-hybridized carbons (Fsp3) is 0.636. The molecule has 2 aliphatic heterocycles. The van der Waals surface area contributed by atoms with Crippen LogP contribution in [0, 0.1) is 5.92 Å². The first kappa shape index (κ1) is 22.7.